The Labute approximate surface area is 249 Å². The second-order valence-electron chi connectivity index (χ2n) is 11.3. The fraction of sp³-hybridized carbons (Fsp3) is 0.312. The second-order valence-corrected chi connectivity index (χ2v) is 11.3. The van der Waals surface area contributed by atoms with Gasteiger partial charge in [-0.1, -0.05) is 30.3 Å². The molecule has 5 N–H and O–H groups in total. The number of carbonyl (C=O) groups excluding carboxylic acids is 2. The van der Waals surface area contributed by atoms with Gasteiger partial charge in [0.2, 0.25) is 17.6 Å². The number of carbonyl (C=O) groups is 2. The minimum absolute atomic E-state index is 0.0909. The van der Waals surface area contributed by atoms with E-state index in [4.69, 9.17) is 11.5 Å². The van der Waals surface area contributed by atoms with Gasteiger partial charge in [-0.05, 0) is 96.4 Å². The van der Waals surface area contributed by atoms with Gasteiger partial charge in [0, 0.05) is 30.6 Å². The van der Waals surface area contributed by atoms with E-state index in [1.165, 1.54) is 0 Å². The molecule has 11 heteroatoms. The number of aryl methyl sites for hydroxylation is 1. The molecule has 0 saturated heterocycles. The SMILES string of the molecule is Cn1cnc2cc(-c3ccc(C[C@@H](C(N)=O)N(C(=O)C4CCC(CN)CC4)c4ccc(-c5nn[nH]n5)cc4)cc3)ccc21. The smallest absolute Gasteiger partial charge is 0.240 e. The van der Waals surface area contributed by atoms with E-state index in [0.29, 0.717) is 24.0 Å². The number of amides is 2. The minimum Gasteiger partial charge on any atom is -0.368 e. The highest BCUT2D eigenvalue weighted by Crippen LogP contribution is 2.33. The highest BCUT2D eigenvalue weighted by Gasteiger charge is 2.36. The Morgan fingerprint density at radius 3 is 2.33 bits per heavy atom. The summed E-state index contributed by atoms with van der Waals surface area (Å²) in [6, 6.07) is 20.6. The van der Waals surface area contributed by atoms with Crippen molar-refractivity contribution >= 4 is 28.5 Å². The number of nitrogens with two attached hydrogens (primary N) is 2. The summed E-state index contributed by atoms with van der Waals surface area (Å²) >= 11 is 0. The molecule has 3 aromatic carbocycles. The summed E-state index contributed by atoms with van der Waals surface area (Å²) in [7, 11) is 1.97. The Bertz CT molecular complexity index is 1700. The summed E-state index contributed by atoms with van der Waals surface area (Å²) in [5.74, 6) is 0.0158. The molecule has 43 heavy (non-hydrogen) atoms. The number of primary amides is 1. The maximum atomic E-state index is 14.1. The second kappa shape index (κ2) is 12.1. The van der Waals surface area contributed by atoms with Crippen molar-refractivity contribution < 1.29 is 9.59 Å². The molecule has 11 nitrogen and oxygen atoms in total. The molecule has 2 heterocycles. The average Bonchev–Trinajstić information content (AvgIpc) is 3.71. The van der Waals surface area contributed by atoms with Crippen molar-refractivity contribution in [3.8, 4) is 22.5 Å². The van der Waals surface area contributed by atoms with Gasteiger partial charge in [0.25, 0.3) is 0 Å². The van der Waals surface area contributed by atoms with Crippen LogP contribution in [0, 0.1) is 11.8 Å². The van der Waals surface area contributed by atoms with Crippen LogP contribution in [0.15, 0.2) is 73.1 Å². The van der Waals surface area contributed by atoms with Crippen LogP contribution in [0.5, 0.6) is 0 Å². The van der Waals surface area contributed by atoms with Crippen LogP contribution >= 0.6 is 0 Å². The number of nitrogens with one attached hydrogen (secondary N) is 1. The van der Waals surface area contributed by atoms with Crippen LogP contribution in [0.3, 0.4) is 0 Å². The molecule has 1 atom stereocenters. The van der Waals surface area contributed by atoms with Crippen LogP contribution in [0.4, 0.5) is 5.69 Å². The van der Waals surface area contributed by atoms with Crippen LogP contribution in [-0.2, 0) is 23.1 Å². The van der Waals surface area contributed by atoms with Crippen molar-refractivity contribution in [2.75, 3.05) is 11.4 Å². The van der Waals surface area contributed by atoms with E-state index in [1.807, 2.05) is 60.1 Å². The number of fused-ring (bicyclic) bond motifs is 1. The molecule has 1 aliphatic carbocycles. The van der Waals surface area contributed by atoms with Crippen LogP contribution in [-0.4, -0.2) is 54.6 Å². The standard InChI is InChI=1S/C32H35N9O2/c1-40-19-35-27-17-25(12-15-28(27)40)22-6-2-20(3-7-22)16-29(30(34)42)41(32(43)24-8-4-21(18-33)5-9-24)26-13-10-23(11-14-26)31-36-38-39-37-31/h2-3,6-7,10-15,17,19,21,24,29H,4-5,8-9,16,18,33H2,1H3,(H2,34,42)(H,36,37,38,39)/t21?,24?,29-/m0/s1. The number of rotatable bonds is 9. The lowest BCUT2D eigenvalue weighted by Gasteiger charge is -2.35. The molecule has 1 saturated carbocycles. The molecular weight excluding hydrogens is 542 g/mol. The van der Waals surface area contributed by atoms with Crippen molar-refractivity contribution in [3.63, 3.8) is 0 Å². The Hall–Kier alpha value is -4.90. The summed E-state index contributed by atoms with van der Waals surface area (Å²) in [5.41, 5.74) is 18.2. The topological polar surface area (TPSA) is 162 Å². The molecule has 6 rings (SSSR count). The maximum absolute atomic E-state index is 14.1. The number of aromatic amines is 1. The van der Waals surface area contributed by atoms with Crippen LogP contribution in [0.25, 0.3) is 33.5 Å². The number of imidazole rings is 1. The number of nitrogens with zero attached hydrogens (tertiary/aromatic N) is 6. The van der Waals surface area contributed by atoms with Crippen molar-refractivity contribution in [2.24, 2.45) is 30.4 Å². The molecule has 1 aliphatic rings. The van der Waals surface area contributed by atoms with E-state index in [2.05, 4.69) is 43.8 Å². The van der Waals surface area contributed by atoms with Gasteiger partial charge in [-0.15, -0.1) is 10.2 Å². The van der Waals surface area contributed by atoms with E-state index in [0.717, 1.165) is 59.0 Å². The Morgan fingerprint density at radius 1 is 0.977 bits per heavy atom. The Morgan fingerprint density at radius 2 is 1.67 bits per heavy atom. The fourth-order valence-corrected chi connectivity index (χ4v) is 6.05. The van der Waals surface area contributed by atoms with Crippen molar-refractivity contribution in [1.82, 2.24) is 30.2 Å². The Kier molecular flexibility index (Phi) is 7.97. The van der Waals surface area contributed by atoms with Gasteiger partial charge in [0.05, 0.1) is 17.4 Å². The van der Waals surface area contributed by atoms with Gasteiger partial charge in [-0.2, -0.15) is 5.21 Å². The highest BCUT2D eigenvalue weighted by atomic mass is 16.2. The Balaban J connectivity index is 1.28. The monoisotopic (exact) mass is 577 g/mol. The predicted molar refractivity (Wildman–Crippen MR) is 164 cm³/mol. The summed E-state index contributed by atoms with van der Waals surface area (Å²) in [5, 5.41) is 14.1. The maximum Gasteiger partial charge on any atom is 0.240 e. The molecule has 0 unspecified atom stereocenters. The number of hydrogen-bond donors (Lipinski definition) is 3. The molecule has 1 fully saturated rings. The number of H-pyrrole nitrogens is 1. The van der Waals surface area contributed by atoms with Gasteiger partial charge in [0.1, 0.15) is 6.04 Å². The van der Waals surface area contributed by atoms with Crippen molar-refractivity contribution in [3.05, 3.63) is 78.6 Å². The number of tetrazole rings is 1. The number of anilines is 1. The first-order valence-corrected chi connectivity index (χ1v) is 14.6. The lowest BCUT2D eigenvalue weighted by atomic mass is 9.81. The number of benzene rings is 3. The zero-order chi connectivity index (χ0) is 29.9. The summed E-state index contributed by atoms with van der Waals surface area (Å²) in [4.78, 5) is 33.2. The predicted octanol–water partition coefficient (Wildman–Crippen LogP) is 3.62. The van der Waals surface area contributed by atoms with Gasteiger partial charge in [0.15, 0.2) is 0 Å². The molecule has 0 radical (unpaired) electrons. The first kappa shape index (κ1) is 28.2. The molecule has 2 amide bonds. The summed E-state index contributed by atoms with van der Waals surface area (Å²) < 4.78 is 1.99. The van der Waals surface area contributed by atoms with Crippen LogP contribution in [0.2, 0.25) is 0 Å². The normalized spacial score (nSPS) is 17.5. The molecule has 0 bridgehead atoms. The minimum atomic E-state index is -0.869. The van der Waals surface area contributed by atoms with Gasteiger partial charge >= 0.3 is 0 Å². The molecule has 0 aliphatic heterocycles. The van der Waals surface area contributed by atoms with E-state index in [-0.39, 0.29) is 18.2 Å². The van der Waals surface area contributed by atoms with E-state index >= 15 is 0 Å². The number of aromatic nitrogens is 6. The lowest BCUT2D eigenvalue weighted by molar-refractivity contribution is -0.127. The van der Waals surface area contributed by atoms with E-state index in [9.17, 15) is 9.59 Å². The zero-order valence-corrected chi connectivity index (χ0v) is 24.1. The third-order valence-corrected chi connectivity index (χ3v) is 8.60. The average molecular weight is 578 g/mol. The lowest BCUT2D eigenvalue weighted by Crippen LogP contribution is -2.52. The third-order valence-electron chi connectivity index (χ3n) is 8.60. The summed E-state index contributed by atoms with van der Waals surface area (Å²) in [6.07, 6.45) is 5.34. The first-order chi connectivity index (χ1) is 20.9. The van der Waals surface area contributed by atoms with E-state index < -0.39 is 11.9 Å². The fourth-order valence-electron chi connectivity index (χ4n) is 6.05. The van der Waals surface area contributed by atoms with E-state index in [1.54, 1.807) is 11.2 Å². The largest absolute Gasteiger partial charge is 0.368 e. The number of hydrogen-bond acceptors (Lipinski definition) is 7. The van der Waals surface area contributed by atoms with Crippen molar-refractivity contribution in [2.45, 2.75) is 38.1 Å². The summed E-state index contributed by atoms with van der Waals surface area (Å²) in [6.45, 7) is 0.623. The molecule has 5 aromatic rings. The highest BCUT2D eigenvalue weighted by molar-refractivity contribution is 6.01. The van der Waals surface area contributed by atoms with Gasteiger partial charge in [-0.3, -0.25) is 14.5 Å². The van der Waals surface area contributed by atoms with Crippen LogP contribution < -0.4 is 16.4 Å². The quantitative estimate of drug-likeness (QED) is 0.241. The van der Waals surface area contributed by atoms with Crippen molar-refractivity contribution in [1.29, 1.82) is 0 Å². The van der Waals surface area contributed by atoms with Gasteiger partial charge in [-0.25, -0.2) is 4.98 Å². The first-order valence-electron chi connectivity index (χ1n) is 14.6. The molecular formula is C32H35N9O2. The van der Waals surface area contributed by atoms with Crippen LogP contribution in [0.1, 0.15) is 31.2 Å². The van der Waals surface area contributed by atoms with Gasteiger partial charge < -0.3 is 16.0 Å². The molecule has 220 valence electrons. The third kappa shape index (κ3) is 5.89. The zero-order valence-electron chi connectivity index (χ0n) is 24.1. The molecule has 2 aromatic heterocycles. The molecule has 0 spiro atoms.